The maximum atomic E-state index is 9.75. The second-order valence-electron chi connectivity index (χ2n) is 6.58. The Morgan fingerprint density at radius 2 is 2.15 bits per heavy atom. The van der Waals surface area contributed by atoms with E-state index in [0.29, 0.717) is 17.9 Å². The number of fused-ring (bicyclic) bond motifs is 1. The van der Waals surface area contributed by atoms with Crippen LogP contribution in [0.3, 0.4) is 0 Å². The lowest BCUT2D eigenvalue weighted by atomic mass is 9.95. The van der Waals surface area contributed by atoms with Crippen LogP contribution in [0.1, 0.15) is 49.1 Å². The minimum Gasteiger partial charge on any atom is -0.467 e. The molecule has 0 aromatic carbocycles. The van der Waals surface area contributed by atoms with E-state index in [1.54, 1.807) is 6.26 Å². The number of furan rings is 1. The van der Waals surface area contributed by atoms with Crippen LogP contribution in [0.25, 0.3) is 0 Å². The maximum absolute atomic E-state index is 9.75. The summed E-state index contributed by atoms with van der Waals surface area (Å²) in [7, 11) is 0. The molecule has 0 unspecified atom stereocenters. The van der Waals surface area contributed by atoms with Gasteiger partial charge < -0.3 is 15.1 Å². The number of nitrogens with zero attached hydrogens (tertiary/aromatic N) is 3. The van der Waals surface area contributed by atoms with E-state index in [-0.39, 0.29) is 0 Å². The Morgan fingerprint density at radius 3 is 2.85 bits per heavy atom. The first kappa shape index (κ1) is 18.3. The molecule has 1 aliphatic rings. The summed E-state index contributed by atoms with van der Waals surface area (Å²) < 4.78 is 5.43. The van der Waals surface area contributed by atoms with Gasteiger partial charge in [0.05, 0.1) is 18.4 Å². The van der Waals surface area contributed by atoms with Gasteiger partial charge in [0.1, 0.15) is 23.5 Å². The van der Waals surface area contributed by atoms with E-state index in [4.69, 9.17) is 9.40 Å². The van der Waals surface area contributed by atoms with E-state index in [1.807, 2.05) is 12.1 Å². The van der Waals surface area contributed by atoms with E-state index >= 15 is 0 Å². The van der Waals surface area contributed by atoms with Crippen LogP contribution < -0.4 is 10.6 Å². The van der Waals surface area contributed by atoms with Crippen LogP contribution in [0.5, 0.6) is 0 Å². The lowest BCUT2D eigenvalue weighted by Gasteiger charge is -2.30. The molecule has 26 heavy (non-hydrogen) atoms. The van der Waals surface area contributed by atoms with Crippen molar-refractivity contribution < 1.29 is 4.42 Å². The monoisotopic (exact) mass is 353 g/mol. The second kappa shape index (κ2) is 8.72. The fraction of sp³-hybridized carbons (Fsp3) is 0.500. The van der Waals surface area contributed by atoms with Crippen molar-refractivity contribution in [1.82, 2.24) is 9.88 Å². The summed E-state index contributed by atoms with van der Waals surface area (Å²) in [5.41, 5.74) is 2.98. The van der Waals surface area contributed by atoms with E-state index in [0.717, 1.165) is 68.1 Å². The molecule has 2 N–H and O–H groups in total. The van der Waals surface area contributed by atoms with Crippen molar-refractivity contribution in [3.8, 4) is 6.07 Å². The van der Waals surface area contributed by atoms with Crippen molar-refractivity contribution >= 4 is 11.6 Å². The molecule has 138 valence electrons. The van der Waals surface area contributed by atoms with E-state index in [9.17, 15) is 5.26 Å². The first-order valence-electron chi connectivity index (χ1n) is 9.45. The highest BCUT2D eigenvalue weighted by atomic mass is 16.3. The third-order valence-corrected chi connectivity index (χ3v) is 4.86. The minimum absolute atomic E-state index is 0.582. The highest BCUT2D eigenvalue weighted by Gasteiger charge is 2.25. The zero-order valence-electron chi connectivity index (χ0n) is 15.6. The number of likely N-dealkylation sites (N-methyl/N-ethyl adjacent to an activating group) is 1. The molecular weight excluding hydrogens is 326 g/mol. The van der Waals surface area contributed by atoms with Crippen LogP contribution in [0.4, 0.5) is 11.6 Å². The van der Waals surface area contributed by atoms with E-state index in [2.05, 4.69) is 35.5 Å². The Labute approximate surface area is 155 Å². The fourth-order valence-corrected chi connectivity index (χ4v) is 3.32. The zero-order valence-corrected chi connectivity index (χ0v) is 15.6. The zero-order chi connectivity index (χ0) is 18.4. The summed E-state index contributed by atoms with van der Waals surface area (Å²) in [5.74, 6) is 2.42. The van der Waals surface area contributed by atoms with Gasteiger partial charge in [0, 0.05) is 25.2 Å². The molecule has 2 aromatic heterocycles. The molecule has 6 nitrogen and oxygen atoms in total. The van der Waals surface area contributed by atoms with Crippen LogP contribution in [0.15, 0.2) is 22.8 Å². The summed E-state index contributed by atoms with van der Waals surface area (Å²) in [6.07, 6.45) is 4.72. The normalized spacial score (nSPS) is 13.9. The average molecular weight is 353 g/mol. The molecule has 0 aliphatic carbocycles. The summed E-state index contributed by atoms with van der Waals surface area (Å²) in [4.78, 5) is 7.17. The van der Waals surface area contributed by atoms with Gasteiger partial charge in [0.15, 0.2) is 0 Å². The molecule has 0 saturated heterocycles. The number of nitriles is 1. The van der Waals surface area contributed by atoms with Gasteiger partial charge in [0.2, 0.25) is 0 Å². The summed E-state index contributed by atoms with van der Waals surface area (Å²) in [6.45, 7) is 8.53. The predicted molar refractivity (Wildman–Crippen MR) is 103 cm³/mol. The Hall–Kier alpha value is -2.52. The molecule has 6 heteroatoms. The van der Waals surface area contributed by atoms with Gasteiger partial charge in [-0.05, 0) is 37.1 Å². The van der Waals surface area contributed by atoms with Crippen molar-refractivity contribution in [2.24, 2.45) is 0 Å². The highest BCUT2D eigenvalue weighted by molar-refractivity contribution is 5.66. The van der Waals surface area contributed by atoms with E-state index in [1.165, 1.54) is 0 Å². The molecule has 0 radical (unpaired) electrons. The van der Waals surface area contributed by atoms with Crippen molar-refractivity contribution in [2.45, 2.75) is 46.2 Å². The third-order valence-electron chi connectivity index (χ3n) is 4.86. The van der Waals surface area contributed by atoms with Crippen LogP contribution >= 0.6 is 0 Å². The van der Waals surface area contributed by atoms with Crippen LogP contribution in [0, 0.1) is 11.3 Å². The molecule has 0 bridgehead atoms. The molecule has 0 spiro atoms. The quantitative estimate of drug-likeness (QED) is 0.704. The molecule has 3 heterocycles. The van der Waals surface area contributed by atoms with Gasteiger partial charge in [-0.1, -0.05) is 20.3 Å². The van der Waals surface area contributed by atoms with Gasteiger partial charge in [-0.15, -0.1) is 0 Å². The highest BCUT2D eigenvalue weighted by Crippen LogP contribution is 2.32. The average Bonchev–Trinajstić information content (AvgIpc) is 3.19. The standard InChI is InChI=1S/C20H27N5O/c1-3-5-9-22-19-17(12-21)16-8-10-25(4-2)14-18(16)20(24-19)23-13-15-7-6-11-26-15/h6-7,11H,3-5,8-10,13-14H2,1-2H3,(H2,22,23,24). The van der Waals surface area contributed by atoms with Gasteiger partial charge in [-0.2, -0.15) is 5.26 Å². The lowest BCUT2D eigenvalue weighted by Crippen LogP contribution is -2.32. The summed E-state index contributed by atoms with van der Waals surface area (Å²) >= 11 is 0. The Kier molecular flexibility index (Phi) is 6.13. The maximum Gasteiger partial charge on any atom is 0.146 e. The van der Waals surface area contributed by atoms with Crippen LogP contribution in [-0.4, -0.2) is 29.5 Å². The van der Waals surface area contributed by atoms with E-state index < -0.39 is 0 Å². The molecule has 1 aliphatic heterocycles. The molecule has 0 saturated carbocycles. The van der Waals surface area contributed by atoms with Crippen LogP contribution in [0.2, 0.25) is 0 Å². The first-order chi connectivity index (χ1) is 12.8. The number of hydrogen-bond donors (Lipinski definition) is 2. The fourth-order valence-electron chi connectivity index (χ4n) is 3.32. The number of aromatic nitrogens is 1. The van der Waals surface area contributed by atoms with Gasteiger partial charge in [0.25, 0.3) is 0 Å². The number of nitrogens with one attached hydrogen (secondary N) is 2. The molecule has 3 rings (SSSR count). The SMILES string of the molecule is CCCCNc1nc(NCc2ccco2)c2c(c1C#N)CCN(CC)C2. The molecular formula is C20H27N5O. The largest absolute Gasteiger partial charge is 0.467 e. The lowest BCUT2D eigenvalue weighted by molar-refractivity contribution is 0.268. The Morgan fingerprint density at radius 1 is 1.27 bits per heavy atom. The number of rotatable bonds is 8. The first-order valence-corrected chi connectivity index (χ1v) is 9.45. The number of unbranched alkanes of at least 4 members (excludes halogenated alkanes) is 1. The third kappa shape index (κ3) is 4.00. The number of anilines is 2. The molecule has 2 aromatic rings. The van der Waals surface area contributed by atoms with Gasteiger partial charge >= 0.3 is 0 Å². The number of pyridine rings is 1. The van der Waals surface area contributed by atoms with Crippen molar-refractivity contribution in [3.05, 3.63) is 40.8 Å². The molecule has 0 fully saturated rings. The van der Waals surface area contributed by atoms with Gasteiger partial charge in [-0.25, -0.2) is 4.98 Å². The minimum atomic E-state index is 0.582. The summed E-state index contributed by atoms with van der Waals surface area (Å²) in [5, 5.41) is 16.5. The van der Waals surface area contributed by atoms with Crippen molar-refractivity contribution in [1.29, 1.82) is 5.26 Å². The predicted octanol–water partition coefficient (Wildman–Crippen LogP) is 3.75. The summed E-state index contributed by atoms with van der Waals surface area (Å²) in [6, 6.07) is 6.22. The molecule has 0 amide bonds. The Balaban J connectivity index is 1.93. The topological polar surface area (TPSA) is 77.1 Å². The van der Waals surface area contributed by atoms with Crippen molar-refractivity contribution in [2.75, 3.05) is 30.3 Å². The Bertz CT molecular complexity index is 763. The molecule has 0 atom stereocenters. The second-order valence-corrected chi connectivity index (χ2v) is 6.58. The number of hydrogen-bond acceptors (Lipinski definition) is 6. The smallest absolute Gasteiger partial charge is 0.146 e. The van der Waals surface area contributed by atoms with Crippen molar-refractivity contribution in [3.63, 3.8) is 0 Å². The van der Waals surface area contributed by atoms with Crippen LogP contribution in [-0.2, 0) is 19.5 Å². The van der Waals surface area contributed by atoms with Gasteiger partial charge in [-0.3, -0.25) is 4.90 Å².